The Morgan fingerprint density at radius 1 is 1.47 bits per heavy atom. The van der Waals surface area contributed by atoms with Gasteiger partial charge in [0.05, 0.1) is 11.6 Å². The predicted molar refractivity (Wildman–Crippen MR) is 66.0 cm³/mol. The van der Waals surface area contributed by atoms with Gasteiger partial charge in [-0.3, -0.25) is 0 Å². The van der Waals surface area contributed by atoms with Gasteiger partial charge in [-0.05, 0) is 57.6 Å². The third-order valence-electron chi connectivity index (χ3n) is 2.75. The Kier molecular flexibility index (Phi) is 3.12. The summed E-state index contributed by atoms with van der Waals surface area (Å²) in [5.41, 5.74) is 9.56. The highest BCUT2D eigenvalue weighted by molar-refractivity contribution is 9.10. The third-order valence-corrected chi connectivity index (χ3v) is 3.37. The Morgan fingerprint density at radius 3 is 2.93 bits per heavy atom. The summed E-state index contributed by atoms with van der Waals surface area (Å²) in [5, 5.41) is 0. The molecule has 0 spiro atoms. The maximum atomic E-state index is 5.55. The standard InChI is InChI=1S/C12H14BrNO/c1-15-12-7-10-8(4-5-14)2-3-9(10)6-11(12)13/h4,6-7H,2-3,5,14H2,1H3/b8-4-. The highest BCUT2D eigenvalue weighted by atomic mass is 79.9. The second-order valence-corrected chi connectivity index (χ2v) is 4.46. The van der Waals surface area contributed by atoms with Gasteiger partial charge in [-0.15, -0.1) is 0 Å². The second-order valence-electron chi connectivity index (χ2n) is 3.61. The molecule has 2 rings (SSSR count). The van der Waals surface area contributed by atoms with E-state index in [2.05, 4.69) is 34.1 Å². The molecule has 0 aliphatic heterocycles. The van der Waals surface area contributed by atoms with Gasteiger partial charge >= 0.3 is 0 Å². The first kappa shape index (κ1) is 10.7. The molecule has 1 aliphatic rings. The number of fused-ring (bicyclic) bond motifs is 1. The van der Waals surface area contributed by atoms with E-state index in [1.165, 1.54) is 16.7 Å². The lowest BCUT2D eigenvalue weighted by atomic mass is 10.1. The summed E-state index contributed by atoms with van der Waals surface area (Å²) >= 11 is 3.50. The van der Waals surface area contributed by atoms with Crippen molar-refractivity contribution in [3.8, 4) is 5.75 Å². The fourth-order valence-corrected chi connectivity index (χ4v) is 2.57. The lowest BCUT2D eigenvalue weighted by molar-refractivity contribution is 0.412. The van der Waals surface area contributed by atoms with Crippen LogP contribution in [0.4, 0.5) is 0 Å². The summed E-state index contributed by atoms with van der Waals surface area (Å²) in [6.45, 7) is 0.604. The fourth-order valence-electron chi connectivity index (χ4n) is 2.02. The van der Waals surface area contributed by atoms with Crippen LogP contribution in [-0.4, -0.2) is 13.7 Å². The van der Waals surface area contributed by atoms with E-state index >= 15 is 0 Å². The highest BCUT2D eigenvalue weighted by Gasteiger charge is 2.18. The van der Waals surface area contributed by atoms with Gasteiger partial charge in [-0.25, -0.2) is 0 Å². The van der Waals surface area contributed by atoms with Crippen LogP contribution in [0.2, 0.25) is 0 Å². The molecule has 0 fully saturated rings. The summed E-state index contributed by atoms with van der Waals surface area (Å²) in [7, 11) is 1.69. The molecular weight excluding hydrogens is 254 g/mol. The van der Waals surface area contributed by atoms with Gasteiger partial charge in [-0.1, -0.05) is 6.08 Å². The van der Waals surface area contributed by atoms with Gasteiger partial charge in [0.25, 0.3) is 0 Å². The van der Waals surface area contributed by atoms with E-state index in [4.69, 9.17) is 10.5 Å². The molecule has 0 saturated heterocycles. The number of rotatable bonds is 2. The Morgan fingerprint density at radius 2 is 2.27 bits per heavy atom. The van der Waals surface area contributed by atoms with Crippen LogP contribution >= 0.6 is 15.9 Å². The minimum atomic E-state index is 0.604. The first-order valence-corrected chi connectivity index (χ1v) is 5.81. The maximum Gasteiger partial charge on any atom is 0.133 e. The van der Waals surface area contributed by atoms with Crippen molar-refractivity contribution in [3.05, 3.63) is 33.8 Å². The summed E-state index contributed by atoms with van der Waals surface area (Å²) < 4.78 is 6.32. The summed E-state index contributed by atoms with van der Waals surface area (Å²) in [6, 6.07) is 4.24. The third kappa shape index (κ3) is 1.94. The number of hydrogen-bond donors (Lipinski definition) is 1. The molecule has 0 bridgehead atoms. The van der Waals surface area contributed by atoms with Crippen LogP contribution in [0.3, 0.4) is 0 Å². The van der Waals surface area contributed by atoms with E-state index in [-0.39, 0.29) is 0 Å². The minimum absolute atomic E-state index is 0.604. The van der Waals surface area contributed by atoms with Crippen molar-refractivity contribution in [1.29, 1.82) is 0 Å². The number of benzene rings is 1. The Balaban J connectivity index is 2.49. The number of ether oxygens (including phenoxy) is 1. The van der Waals surface area contributed by atoms with Gasteiger partial charge < -0.3 is 10.5 Å². The molecule has 2 nitrogen and oxygen atoms in total. The highest BCUT2D eigenvalue weighted by Crippen LogP contribution is 2.38. The topological polar surface area (TPSA) is 35.2 Å². The van der Waals surface area contributed by atoms with Gasteiger partial charge in [0.2, 0.25) is 0 Å². The van der Waals surface area contributed by atoms with E-state index in [0.29, 0.717) is 6.54 Å². The average Bonchev–Trinajstić information content (AvgIpc) is 2.60. The maximum absolute atomic E-state index is 5.55. The van der Waals surface area contributed by atoms with Gasteiger partial charge in [0.15, 0.2) is 0 Å². The van der Waals surface area contributed by atoms with E-state index in [1.807, 2.05) is 0 Å². The van der Waals surface area contributed by atoms with Crippen molar-refractivity contribution in [2.45, 2.75) is 12.8 Å². The first-order valence-electron chi connectivity index (χ1n) is 5.02. The molecule has 0 aromatic heterocycles. The average molecular weight is 268 g/mol. The Hall–Kier alpha value is -0.800. The molecule has 0 atom stereocenters. The summed E-state index contributed by atoms with van der Waals surface area (Å²) in [4.78, 5) is 0. The van der Waals surface area contributed by atoms with Crippen molar-refractivity contribution in [2.75, 3.05) is 13.7 Å². The van der Waals surface area contributed by atoms with Gasteiger partial charge in [0, 0.05) is 6.54 Å². The molecule has 2 N–H and O–H groups in total. The van der Waals surface area contributed by atoms with Gasteiger partial charge in [-0.2, -0.15) is 0 Å². The normalized spacial score (nSPS) is 16.9. The zero-order chi connectivity index (χ0) is 10.8. The fraction of sp³-hybridized carbons (Fsp3) is 0.333. The molecule has 0 heterocycles. The summed E-state index contributed by atoms with van der Waals surface area (Å²) in [6.07, 6.45) is 4.29. The number of allylic oxidation sites excluding steroid dienone is 1. The lowest BCUT2D eigenvalue weighted by Crippen LogP contribution is -1.95. The second kappa shape index (κ2) is 4.37. The molecule has 15 heavy (non-hydrogen) atoms. The number of nitrogens with two attached hydrogens (primary N) is 1. The predicted octanol–water partition coefficient (Wildman–Crippen LogP) is 2.75. The number of halogens is 1. The van der Waals surface area contributed by atoms with Crippen molar-refractivity contribution in [3.63, 3.8) is 0 Å². The molecule has 0 saturated carbocycles. The first-order chi connectivity index (χ1) is 7.26. The van der Waals surface area contributed by atoms with Crippen LogP contribution < -0.4 is 10.5 Å². The largest absolute Gasteiger partial charge is 0.496 e. The number of hydrogen-bond acceptors (Lipinski definition) is 2. The quantitative estimate of drug-likeness (QED) is 0.895. The van der Waals surface area contributed by atoms with Crippen molar-refractivity contribution in [1.82, 2.24) is 0 Å². The zero-order valence-electron chi connectivity index (χ0n) is 8.72. The van der Waals surface area contributed by atoms with E-state index < -0.39 is 0 Å². The molecule has 0 unspecified atom stereocenters. The molecule has 0 radical (unpaired) electrons. The van der Waals surface area contributed by atoms with E-state index in [0.717, 1.165) is 23.1 Å². The lowest BCUT2D eigenvalue weighted by Gasteiger charge is -2.07. The van der Waals surface area contributed by atoms with Gasteiger partial charge in [0.1, 0.15) is 5.75 Å². The summed E-state index contributed by atoms with van der Waals surface area (Å²) in [5.74, 6) is 0.888. The molecular formula is C12H14BrNO. The molecule has 1 aromatic rings. The monoisotopic (exact) mass is 267 g/mol. The van der Waals surface area contributed by atoms with Crippen molar-refractivity contribution < 1.29 is 4.74 Å². The molecule has 3 heteroatoms. The molecule has 1 aromatic carbocycles. The SMILES string of the molecule is COc1cc2c(cc1Br)CC/C2=C/CN. The Labute approximate surface area is 98.2 Å². The van der Waals surface area contributed by atoms with Crippen LogP contribution in [0.15, 0.2) is 22.7 Å². The smallest absolute Gasteiger partial charge is 0.133 e. The number of methoxy groups -OCH3 is 1. The van der Waals surface area contributed by atoms with E-state index in [9.17, 15) is 0 Å². The van der Waals surface area contributed by atoms with Crippen LogP contribution in [0.25, 0.3) is 5.57 Å². The molecule has 80 valence electrons. The van der Waals surface area contributed by atoms with E-state index in [1.54, 1.807) is 7.11 Å². The van der Waals surface area contributed by atoms with Crippen LogP contribution in [0.1, 0.15) is 17.5 Å². The van der Waals surface area contributed by atoms with Crippen molar-refractivity contribution >= 4 is 21.5 Å². The molecule has 1 aliphatic carbocycles. The van der Waals surface area contributed by atoms with Crippen molar-refractivity contribution in [2.24, 2.45) is 5.73 Å². The minimum Gasteiger partial charge on any atom is -0.496 e. The Bertz CT molecular complexity index is 412. The zero-order valence-corrected chi connectivity index (χ0v) is 10.3. The number of aryl methyl sites for hydroxylation is 1. The molecule has 0 amide bonds. The van der Waals surface area contributed by atoms with Crippen LogP contribution in [-0.2, 0) is 6.42 Å². The van der Waals surface area contributed by atoms with Crippen LogP contribution in [0.5, 0.6) is 5.75 Å². The van der Waals surface area contributed by atoms with Crippen LogP contribution in [0, 0.1) is 0 Å².